The van der Waals surface area contributed by atoms with Crippen molar-refractivity contribution in [2.45, 2.75) is 25.9 Å². The van der Waals surface area contributed by atoms with Gasteiger partial charge in [0.25, 0.3) is 0 Å². The maximum atomic E-state index is 12.0. The summed E-state index contributed by atoms with van der Waals surface area (Å²) in [7, 11) is 1.82. The van der Waals surface area contributed by atoms with Crippen LogP contribution < -0.4 is 5.32 Å². The first-order valence-corrected chi connectivity index (χ1v) is 7.43. The van der Waals surface area contributed by atoms with Crippen molar-refractivity contribution in [3.63, 3.8) is 0 Å². The van der Waals surface area contributed by atoms with E-state index in [9.17, 15) is 4.79 Å². The Morgan fingerprint density at radius 1 is 1.60 bits per heavy atom. The van der Waals surface area contributed by atoms with Crippen molar-refractivity contribution in [1.82, 2.24) is 25.0 Å². The van der Waals surface area contributed by atoms with Gasteiger partial charge in [0.1, 0.15) is 12.7 Å². The fourth-order valence-corrected chi connectivity index (χ4v) is 2.63. The Labute approximate surface area is 122 Å². The summed E-state index contributed by atoms with van der Waals surface area (Å²) in [5.41, 5.74) is 0. The molecule has 2 heterocycles. The second-order valence-electron chi connectivity index (χ2n) is 4.55. The molecule has 0 saturated heterocycles. The van der Waals surface area contributed by atoms with Crippen LogP contribution in [0.5, 0.6) is 0 Å². The van der Waals surface area contributed by atoms with Gasteiger partial charge in [0.2, 0.25) is 0 Å². The molecule has 0 aliphatic heterocycles. The molecule has 2 amide bonds. The molecule has 0 bridgehead atoms. The maximum absolute atomic E-state index is 12.0. The number of urea groups is 1. The van der Waals surface area contributed by atoms with Crippen LogP contribution in [-0.2, 0) is 6.54 Å². The van der Waals surface area contributed by atoms with Crippen molar-refractivity contribution in [3.05, 3.63) is 35.0 Å². The average Bonchev–Trinajstić information content (AvgIpc) is 3.14. The molecule has 0 unspecified atom stereocenters. The highest BCUT2D eigenvalue weighted by Gasteiger charge is 2.17. The monoisotopic (exact) mass is 293 g/mol. The number of amides is 2. The third-order valence-electron chi connectivity index (χ3n) is 3.16. The van der Waals surface area contributed by atoms with Crippen LogP contribution in [0.15, 0.2) is 30.2 Å². The summed E-state index contributed by atoms with van der Waals surface area (Å²) in [5, 5.41) is 8.96. The van der Waals surface area contributed by atoms with Gasteiger partial charge in [-0.3, -0.25) is 4.68 Å². The predicted molar refractivity (Wildman–Crippen MR) is 78.5 cm³/mol. The van der Waals surface area contributed by atoms with E-state index in [1.807, 2.05) is 31.5 Å². The normalized spacial score (nSPS) is 12.1. The summed E-state index contributed by atoms with van der Waals surface area (Å²) in [6.07, 6.45) is 4.01. The van der Waals surface area contributed by atoms with E-state index in [4.69, 9.17) is 0 Å². The molecule has 6 nitrogen and oxygen atoms in total. The molecule has 0 spiro atoms. The second kappa shape index (κ2) is 7.04. The lowest BCUT2D eigenvalue weighted by atomic mass is 10.2. The maximum Gasteiger partial charge on any atom is 0.317 e. The van der Waals surface area contributed by atoms with Gasteiger partial charge in [-0.05, 0) is 24.8 Å². The quantitative estimate of drug-likeness (QED) is 0.830. The Morgan fingerprint density at radius 2 is 2.45 bits per heavy atom. The summed E-state index contributed by atoms with van der Waals surface area (Å²) in [6.45, 7) is 3.41. The lowest BCUT2D eigenvalue weighted by molar-refractivity contribution is 0.195. The number of nitrogens with one attached hydrogen (secondary N) is 1. The molecule has 0 aromatic carbocycles. The predicted octanol–water partition coefficient (Wildman–Crippen LogP) is 2.13. The number of carbonyl (C=O) groups is 1. The van der Waals surface area contributed by atoms with Crippen molar-refractivity contribution in [2.75, 3.05) is 13.6 Å². The molecular formula is C13H19N5OS. The fourth-order valence-electron chi connectivity index (χ4n) is 1.81. The summed E-state index contributed by atoms with van der Waals surface area (Å²) in [5.74, 6) is 0. The lowest BCUT2D eigenvalue weighted by Crippen LogP contribution is -2.39. The topological polar surface area (TPSA) is 63.1 Å². The molecule has 20 heavy (non-hydrogen) atoms. The van der Waals surface area contributed by atoms with E-state index in [2.05, 4.69) is 15.4 Å². The molecule has 0 aliphatic rings. The Morgan fingerprint density at radius 3 is 3.10 bits per heavy atom. The number of rotatable bonds is 6. The zero-order valence-electron chi connectivity index (χ0n) is 11.7. The van der Waals surface area contributed by atoms with E-state index in [0.29, 0.717) is 6.54 Å². The Kier molecular flexibility index (Phi) is 5.11. The van der Waals surface area contributed by atoms with Gasteiger partial charge >= 0.3 is 6.03 Å². The van der Waals surface area contributed by atoms with Crippen LogP contribution in [0.3, 0.4) is 0 Å². The molecule has 0 radical (unpaired) electrons. The summed E-state index contributed by atoms with van der Waals surface area (Å²) >= 11 is 1.66. The second-order valence-corrected chi connectivity index (χ2v) is 5.53. The third-order valence-corrected chi connectivity index (χ3v) is 4.21. The molecule has 1 atom stereocenters. The largest absolute Gasteiger partial charge is 0.338 e. The van der Waals surface area contributed by atoms with Crippen molar-refractivity contribution in [3.8, 4) is 0 Å². The minimum Gasteiger partial charge on any atom is -0.338 e. The van der Waals surface area contributed by atoms with Crippen molar-refractivity contribution >= 4 is 17.4 Å². The van der Waals surface area contributed by atoms with Crippen LogP contribution in [0.1, 0.15) is 24.3 Å². The van der Waals surface area contributed by atoms with E-state index >= 15 is 0 Å². The molecule has 108 valence electrons. The smallest absolute Gasteiger partial charge is 0.317 e. The minimum atomic E-state index is -0.0514. The van der Waals surface area contributed by atoms with Gasteiger partial charge in [-0.25, -0.2) is 9.78 Å². The average molecular weight is 293 g/mol. The van der Waals surface area contributed by atoms with Crippen LogP contribution in [0, 0.1) is 0 Å². The Bertz CT molecular complexity index is 511. The molecule has 0 fully saturated rings. The molecule has 1 N–H and O–H groups in total. The van der Waals surface area contributed by atoms with E-state index < -0.39 is 0 Å². The number of nitrogens with zero attached hydrogens (tertiary/aromatic N) is 4. The van der Waals surface area contributed by atoms with Crippen molar-refractivity contribution in [1.29, 1.82) is 0 Å². The molecule has 2 aromatic rings. The number of thiophene rings is 1. The fraction of sp³-hybridized carbons (Fsp3) is 0.462. The zero-order chi connectivity index (χ0) is 14.4. The van der Waals surface area contributed by atoms with E-state index in [0.717, 1.165) is 13.0 Å². The molecule has 0 saturated carbocycles. The Balaban J connectivity index is 1.71. The highest BCUT2D eigenvalue weighted by Crippen LogP contribution is 2.23. The van der Waals surface area contributed by atoms with Crippen LogP contribution in [0.4, 0.5) is 4.79 Å². The summed E-state index contributed by atoms with van der Waals surface area (Å²) in [6, 6.07) is 4.08. The van der Waals surface area contributed by atoms with Crippen LogP contribution in [0.2, 0.25) is 0 Å². The SMILES string of the molecule is C[C@H](c1cccs1)N(C)C(=O)NCCCn1cncn1. The first-order chi connectivity index (χ1) is 9.68. The van der Waals surface area contributed by atoms with E-state index in [1.165, 1.54) is 11.2 Å². The zero-order valence-corrected chi connectivity index (χ0v) is 12.5. The van der Waals surface area contributed by atoms with Gasteiger partial charge in [-0.15, -0.1) is 11.3 Å². The summed E-state index contributed by atoms with van der Waals surface area (Å²) < 4.78 is 1.75. The van der Waals surface area contributed by atoms with Gasteiger partial charge in [-0.1, -0.05) is 6.07 Å². The molecular weight excluding hydrogens is 274 g/mol. The standard InChI is InChI=1S/C13H19N5OS/c1-11(12-5-3-8-20-12)17(2)13(19)15-6-4-7-18-10-14-9-16-18/h3,5,8-11H,4,6-7H2,1-2H3,(H,15,19)/t11-/m1/s1. The number of hydrogen-bond acceptors (Lipinski definition) is 4. The molecule has 2 aromatic heterocycles. The minimum absolute atomic E-state index is 0.0514. The van der Waals surface area contributed by atoms with Gasteiger partial charge < -0.3 is 10.2 Å². The van der Waals surface area contributed by atoms with Crippen molar-refractivity contribution < 1.29 is 4.79 Å². The first kappa shape index (κ1) is 14.5. The van der Waals surface area contributed by atoms with Crippen LogP contribution in [-0.4, -0.2) is 39.3 Å². The number of carbonyl (C=O) groups excluding carboxylic acids is 1. The van der Waals surface area contributed by atoms with Gasteiger partial charge in [0.15, 0.2) is 0 Å². The van der Waals surface area contributed by atoms with Crippen LogP contribution in [0.25, 0.3) is 0 Å². The molecule has 0 aliphatic carbocycles. The van der Waals surface area contributed by atoms with Crippen molar-refractivity contribution in [2.24, 2.45) is 0 Å². The highest BCUT2D eigenvalue weighted by molar-refractivity contribution is 7.10. The van der Waals surface area contributed by atoms with Crippen LogP contribution >= 0.6 is 11.3 Å². The number of aryl methyl sites for hydroxylation is 1. The van der Waals surface area contributed by atoms with Gasteiger partial charge in [0.05, 0.1) is 6.04 Å². The highest BCUT2D eigenvalue weighted by atomic mass is 32.1. The molecule has 7 heteroatoms. The van der Waals surface area contributed by atoms with E-state index in [-0.39, 0.29) is 12.1 Å². The molecule has 2 rings (SSSR count). The van der Waals surface area contributed by atoms with E-state index in [1.54, 1.807) is 27.2 Å². The van der Waals surface area contributed by atoms with Gasteiger partial charge in [-0.2, -0.15) is 5.10 Å². The first-order valence-electron chi connectivity index (χ1n) is 6.55. The van der Waals surface area contributed by atoms with Gasteiger partial charge in [0, 0.05) is 25.0 Å². The Hall–Kier alpha value is -1.89. The number of hydrogen-bond donors (Lipinski definition) is 1. The third kappa shape index (κ3) is 3.80. The number of aromatic nitrogens is 3. The summed E-state index contributed by atoms with van der Waals surface area (Å²) in [4.78, 5) is 18.8. The lowest BCUT2D eigenvalue weighted by Gasteiger charge is -2.24.